The summed E-state index contributed by atoms with van der Waals surface area (Å²) in [6, 6.07) is 18.0. The van der Waals surface area contributed by atoms with Gasteiger partial charge in [-0.15, -0.1) is 0 Å². The molecule has 160 valence electrons. The normalized spacial score (nSPS) is 20.5. The third-order valence-electron chi connectivity index (χ3n) is 6.60. The molecule has 0 N–H and O–H groups in total. The Kier molecular flexibility index (Phi) is 6.25. The SMILES string of the molecule is CN(C(=O)C1CCN(S(=O)(=O)Cc2ccccc2)CC1)C1CCc2ccccc2C1. The van der Waals surface area contributed by atoms with Crippen LogP contribution in [0.2, 0.25) is 0 Å². The summed E-state index contributed by atoms with van der Waals surface area (Å²) in [6.45, 7) is 0.847. The van der Waals surface area contributed by atoms with Crippen molar-refractivity contribution in [1.29, 1.82) is 0 Å². The molecule has 4 rings (SSSR count). The second-order valence-electron chi connectivity index (χ2n) is 8.53. The number of amides is 1. The first-order chi connectivity index (χ1) is 14.4. The number of likely N-dealkylation sites (N-methyl/N-ethyl adjacent to an activating group) is 1. The minimum atomic E-state index is -3.35. The van der Waals surface area contributed by atoms with Crippen molar-refractivity contribution in [3.05, 3.63) is 71.3 Å². The van der Waals surface area contributed by atoms with Gasteiger partial charge in [-0.2, -0.15) is 0 Å². The Bertz CT molecular complexity index is 983. The minimum absolute atomic E-state index is 0.0217. The molecule has 1 unspecified atom stereocenters. The highest BCUT2D eigenvalue weighted by molar-refractivity contribution is 7.88. The fourth-order valence-corrected chi connectivity index (χ4v) is 6.30. The van der Waals surface area contributed by atoms with E-state index in [1.807, 2.05) is 42.3 Å². The lowest BCUT2D eigenvalue weighted by Crippen LogP contribution is -2.47. The van der Waals surface area contributed by atoms with Crippen molar-refractivity contribution in [1.82, 2.24) is 9.21 Å². The van der Waals surface area contributed by atoms with E-state index in [1.54, 1.807) is 4.31 Å². The second-order valence-corrected chi connectivity index (χ2v) is 10.5. The van der Waals surface area contributed by atoms with Gasteiger partial charge in [-0.05, 0) is 48.8 Å². The Morgan fingerprint density at radius 3 is 2.30 bits per heavy atom. The van der Waals surface area contributed by atoms with Gasteiger partial charge >= 0.3 is 0 Å². The zero-order valence-corrected chi connectivity index (χ0v) is 18.4. The number of carbonyl (C=O) groups excluding carboxylic acids is 1. The van der Waals surface area contributed by atoms with Crippen LogP contribution in [0.4, 0.5) is 0 Å². The topological polar surface area (TPSA) is 57.7 Å². The largest absolute Gasteiger partial charge is 0.342 e. The molecule has 1 saturated heterocycles. The summed E-state index contributed by atoms with van der Waals surface area (Å²) >= 11 is 0. The molecule has 0 saturated carbocycles. The minimum Gasteiger partial charge on any atom is -0.342 e. The molecule has 1 aliphatic heterocycles. The van der Waals surface area contributed by atoms with Crippen LogP contribution >= 0.6 is 0 Å². The predicted octanol–water partition coefficient (Wildman–Crippen LogP) is 3.24. The number of carbonyl (C=O) groups is 1. The maximum absolute atomic E-state index is 13.1. The van der Waals surface area contributed by atoms with Crippen molar-refractivity contribution < 1.29 is 13.2 Å². The molecule has 1 heterocycles. The van der Waals surface area contributed by atoms with Gasteiger partial charge in [0.25, 0.3) is 0 Å². The molecule has 1 amide bonds. The smallest absolute Gasteiger partial charge is 0.225 e. The van der Waals surface area contributed by atoms with Crippen LogP contribution in [-0.2, 0) is 33.4 Å². The monoisotopic (exact) mass is 426 g/mol. The Balaban J connectivity index is 1.33. The molecular formula is C24H30N2O3S. The van der Waals surface area contributed by atoms with Crippen molar-refractivity contribution in [3.8, 4) is 0 Å². The third-order valence-corrected chi connectivity index (χ3v) is 8.45. The van der Waals surface area contributed by atoms with Crippen LogP contribution in [0, 0.1) is 5.92 Å². The van der Waals surface area contributed by atoms with E-state index in [-0.39, 0.29) is 23.6 Å². The number of fused-ring (bicyclic) bond motifs is 1. The number of sulfonamides is 1. The molecule has 5 nitrogen and oxygen atoms in total. The van der Waals surface area contributed by atoms with Crippen molar-refractivity contribution in [3.63, 3.8) is 0 Å². The van der Waals surface area contributed by atoms with Crippen LogP contribution in [0.15, 0.2) is 54.6 Å². The van der Waals surface area contributed by atoms with Crippen LogP contribution in [0.3, 0.4) is 0 Å². The highest BCUT2D eigenvalue weighted by atomic mass is 32.2. The Morgan fingerprint density at radius 2 is 1.60 bits per heavy atom. The molecule has 30 heavy (non-hydrogen) atoms. The van der Waals surface area contributed by atoms with Gasteiger partial charge in [0, 0.05) is 32.1 Å². The van der Waals surface area contributed by atoms with Gasteiger partial charge in [-0.1, -0.05) is 54.6 Å². The van der Waals surface area contributed by atoms with E-state index in [9.17, 15) is 13.2 Å². The Hall–Kier alpha value is -2.18. The lowest BCUT2D eigenvalue weighted by Gasteiger charge is -2.37. The molecule has 0 bridgehead atoms. The standard InChI is InChI=1S/C24H30N2O3S/c1-25(23-12-11-20-9-5-6-10-22(20)17-23)24(27)21-13-15-26(16-14-21)30(28,29)18-19-7-3-2-4-8-19/h2-10,21,23H,11-18H2,1H3. The number of hydrogen-bond donors (Lipinski definition) is 0. The molecule has 1 fully saturated rings. The number of rotatable bonds is 5. The summed E-state index contributed by atoms with van der Waals surface area (Å²) < 4.78 is 27.1. The number of aryl methyl sites for hydroxylation is 1. The molecule has 2 aliphatic rings. The predicted molar refractivity (Wildman–Crippen MR) is 118 cm³/mol. The molecule has 1 aliphatic carbocycles. The highest BCUT2D eigenvalue weighted by Gasteiger charge is 2.34. The van der Waals surface area contributed by atoms with E-state index in [0.29, 0.717) is 25.9 Å². The number of nitrogens with zero attached hydrogens (tertiary/aromatic N) is 2. The first-order valence-corrected chi connectivity index (χ1v) is 12.4. The summed E-state index contributed by atoms with van der Waals surface area (Å²) in [5, 5.41) is 0. The van der Waals surface area contributed by atoms with Crippen LogP contribution in [0.25, 0.3) is 0 Å². The molecule has 0 radical (unpaired) electrons. The maximum atomic E-state index is 13.1. The summed E-state index contributed by atoms with van der Waals surface area (Å²) in [5.74, 6) is 0.100. The summed E-state index contributed by atoms with van der Waals surface area (Å²) in [7, 11) is -1.44. The lowest BCUT2D eigenvalue weighted by atomic mass is 9.86. The van der Waals surface area contributed by atoms with E-state index in [1.165, 1.54) is 11.1 Å². The van der Waals surface area contributed by atoms with Crippen molar-refractivity contribution in [2.75, 3.05) is 20.1 Å². The fraction of sp³-hybridized carbons (Fsp3) is 0.458. The quantitative estimate of drug-likeness (QED) is 0.738. The molecule has 2 aromatic rings. The summed E-state index contributed by atoms with van der Waals surface area (Å²) in [5.41, 5.74) is 3.54. The van der Waals surface area contributed by atoms with Gasteiger partial charge in [0.2, 0.25) is 15.9 Å². The third kappa shape index (κ3) is 4.60. The zero-order valence-electron chi connectivity index (χ0n) is 17.5. The zero-order chi connectivity index (χ0) is 21.1. The van der Waals surface area contributed by atoms with E-state index in [4.69, 9.17) is 0 Å². The summed E-state index contributed by atoms with van der Waals surface area (Å²) in [6.07, 6.45) is 4.10. The molecule has 0 spiro atoms. The Morgan fingerprint density at radius 1 is 0.967 bits per heavy atom. The highest BCUT2D eigenvalue weighted by Crippen LogP contribution is 2.28. The molecule has 2 aromatic carbocycles. The number of piperidine rings is 1. The average Bonchev–Trinajstić information content (AvgIpc) is 2.78. The van der Waals surface area contributed by atoms with Gasteiger partial charge < -0.3 is 4.90 Å². The average molecular weight is 427 g/mol. The van der Waals surface area contributed by atoms with E-state index >= 15 is 0 Å². The van der Waals surface area contributed by atoms with E-state index in [2.05, 4.69) is 24.3 Å². The maximum Gasteiger partial charge on any atom is 0.225 e. The van der Waals surface area contributed by atoms with Crippen molar-refractivity contribution in [2.24, 2.45) is 5.92 Å². The van der Waals surface area contributed by atoms with E-state index < -0.39 is 10.0 Å². The first kappa shape index (κ1) is 21.1. The summed E-state index contributed by atoms with van der Waals surface area (Å²) in [4.78, 5) is 15.0. The second kappa shape index (κ2) is 8.90. The fourth-order valence-electron chi connectivity index (χ4n) is 4.73. The molecule has 0 aromatic heterocycles. The van der Waals surface area contributed by atoms with Crippen LogP contribution in [0.5, 0.6) is 0 Å². The van der Waals surface area contributed by atoms with Crippen LogP contribution in [-0.4, -0.2) is 49.7 Å². The van der Waals surface area contributed by atoms with Gasteiger partial charge in [0.15, 0.2) is 0 Å². The van der Waals surface area contributed by atoms with Gasteiger partial charge in [0.05, 0.1) is 5.75 Å². The van der Waals surface area contributed by atoms with Crippen molar-refractivity contribution in [2.45, 2.75) is 43.9 Å². The first-order valence-electron chi connectivity index (χ1n) is 10.8. The number of benzene rings is 2. The van der Waals surface area contributed by atoms with Crippen LogP contribution in [0.1, 0.15) is 36.0 Å². The Labute approximate surface area is 179 Å². The van der Waals surface area contributed by atoms with Gasteiger partial charge in [-0.3, -0.25) is 4.79 Å². The molecule has 1 atom stereocenters. The van der Waals surface area contributed by atoms with Gasteiger partial charge in [0.1, 0.15) is 0 Å². The molecular weight excluding hydrogens is 396 g/mol. The lowest BCUT2D eigenvalue weighted by molar-refractivity contribution is -0.137. The van der Waals surface area contributed by atoms with Gasteiger partial charge in [-0.25, -0.2) is 12.7 Å². The van der Waals surface area contributed by atoms with E-state index in [0.717, 1.165) is 24.8 Å². The van der Waals surface area contributed by atoms with Crippen molar-refractivity contribution >= 4 is 15.9 Å². The molecule has 6 heteroatoms. The number of hydrogen-bond acceptors (Lipinski definition) is 3. The van der Waals surface area contributed by atoms with Crippen LogP contribution < -0.4 is 0 Å².